The van der Waals surface area contributed by atoms with E-state index in [0.29, 0.717) is 21.8 Å². The predicted molar refractivity (Wildman–Crippen MR) is 116 cm³/mol. The second-order valence-corrected chi connectivity index (χ2v) is 7.60. The van der Waals surface area contributed by atoms with Crippen molar-refractivity contribution >= 4 is 23.4 Å². The molecule has 154 valence electrons. The first-order valence-corrected chi connectivity index (χ1v) is 10.1. The van der Waals surface area contributed by atoms with Gasteiger partial charge in [0.1, 0.15) is 4.90 Å². The van der Waals surface area contributed by atoms with Crippen molar-refractivity contribution in [2.75, 3.05) is 0 Å². The molecule has 2 aromatic carbocycles. The molecule has 0 amide bonds. The van der Waals surface area contributed by atoms with Crippen LogP contribution < -0.4 is 5.56 Å². The highest BCUT2D eigenvalue weighted by Crippen LogP contribution is 2.35. The molecule has 0 saturated heterocycles. The third kappa shape index (κ3) is 3.78. The van der Waals surface area contributed by atoms with Crippen LogP contribution in [0.15, 0.2) is 93.7 Å². The number of hydrogen-bond acceptors (Lipinski definition) is 6. The van der Waals surface area contributed by atoms with Crippen LogP contribution in [0.4, 0.5) is 5.69 Å². The lowest BCUT2D eigenvalue weighted by Crippen LogP contribution is -2.27. The molecule has 0 atom stereocenters. The Labute approximate surface area is 180 Å². The van der Waals surface area contributed by atoms with Crippen LogP contribution in [-0.2, 0) is 0 Å². The molecule has 4 aromatic rings. The first kappa shape index (κ1) is 20.3. The van der Waals surface area contributed by atoms with Crippen molar-refractivity contribution in [2.45, 2.75) is 16.7 Å². The van der Waals surface area contributed by atoms with Crippen LogP contribution in [0.3, 0.4) is 0 Å². The molecule has 0 saturated carbocycles. The van der Waals surface area contributed by atoms with Gasteiger partial charge in [-0.05, 0) is 37.3 Å². The smallest absolute Gasteiger partial charge is 0.267 e. The Morgan fingerprint density at radius 3 is 2.42 bits per heavy atom. The summed E-state index contributed by atoms with van der Waals surface area (Å²) in [5.41, 5.74) is 0.647. The fraction of sp³-hybridized carbons (Fsp3) is 0.0455. The van der Waals surface area contributed by atoms with Crippen molar-refractivity contribution in [1.82, 2.24) is 14.3 Å². The Morgan fingerprint density at radius 2 is 1.74 bits per heavy atom. The lowest BCUT2D eigenvalue weighted by Gasteiger charge is -2.12. The molecule has 8 nitrogen and oxygen atoms in total. The highest BCUT2D eigenvalue weighted by Gasteiger charge is 2.26. The summed E-state index contributed by atoms with van der Waals surface area (Å²) >= 11 is 0.974. The second kappa shape index (κ2) is 8.41. The number of para-hydroxylation sites is 2. The zero-order valence-corrected chi connectivity index (χ0v) is 17.2. The zero-order chi connectivity index (χ0) is 22.0. The number of nitro groups is 1. The van der Waals surface area contributed by atoms with Crippen LogP contribution in [0.2, 0.25) is 0 Å². The molecule has 2 aromatic heterocycles. The minimum atomic E-state index is -0.495. The summed E-state index contributed by atoms with van der Waals surface area (Å²) < 4.78 is 2.56. The summed E-state index contributed by atoms with van der Waals surface area (Å²) in [6.07, 6.45) is 2.98. The number of nitro benzene ring substituents is 1. The Balaban J connectivity index is 1.93. The maximum atomic E-state index is 13.4. The predicted octanol–water partition coefficient (Wildman–Crippen LogP) is 4.09. The molecule has 0 bridgehead atoms. The highest BCUT2D eigenvalue weighted by molar-refractivity contribution is 7.99. The molecule has 0 aliphatic carbocycles. The Bertz CT molecular complexity index is 1330. The molecule has 9 heteroatoms. The number of carbonyl (C=O) groups excluding carboxylic acids is 1. The van der Waals surface area contributed by atoms with Crippen molar-refractivity contribution in [2.24, 2.45) is 0 Å². The van der Waals surface area contributed by atoms with E-state index >= 15 is 0 Å². The SMILES string of the molecule is Cc1c(Sc2ccccc2[N+](=O)[O-])c(=O)n(-c2ccccc2)n1C(=O)c1cccnc1. The van der Waals surface area contributed by atoms with E-state index in [-0.39, 0.29) is 10.6 Å². The van der Waals surface area contributed by atoms with Gasteiger partial charge >= 0.3 is 0 Å². The fourth-order valence-corrected chi connectivity index (χ4v) is 4.19. The lowest BCUT2D eigenvalue weighted by molar-refractivity contribution is -0.387. The van der Waals surface area contributed by atoms with Gasteiger partial charge in [0.15, 0.2) is 0 Å². The van der Waals surface area contributed by atoms with Crippen LogP contribution in [0.25, 0.3) is 5.69 Å². The van der Waals surface area contributed by atoms with Gasteiger partial charge < -0.3 is 0 Å². The van der Waals surface area contributed by atoms with Crippen molar-refractivity contribution < 1.29 is 9.72 Å². The molecule has 31 heavy (non-hydrogen) atoms. The maximum absolute atomic E-state index is 13.4. The molecule has 4 rings (SSSR count). The van der Waals surface area contributed by atoms with Crippen LogP contribution in [0.5, 0.6) is 0 Å². The Kier molecular flexibility index (Phi) is 5.50. The molecule has 0 spiro atoms. The molecule has 2 heterocycles. The topological polar surface area (TPSA) is 100 Å². The Hall–Kier alpha value is -3.98. The van der Waals surface area contributed by atoms with Crippen LogP contribution in [-0.4, -0.2) is 25.2 Å². The molecule has 0 aliphatic rings. The zero-order valence-electron chi connectivity index (χ0n) is 16.3. The number of pyridine rings is 1. The van der Waals surface area contributed by atoms with Crippen molar-refractivity contribution in [3.8, 4) is 5.69 Å². The van der Waals surface area contributed by atoms with Crippen LogP contribution in [0.1, 0.15) is 16.1 Å². The molecule has 0 fully saturated rings. The average Bonchev–Trinajstić information content (AvgIpc) is 3.04. The normalized spacial score (nSPS) is 10.7. The fourth-order valence-electron chi connectivity index (χ4n) is 3.17. The van der Waals surface area contributed by atoms with E-state index in [9.17, 15) is 19.7 Å². The largest absolute Gasteiger partial charge is 0.286 e. The van der Waals surface area contributed by atoms with Gasteiger partial charge in [-0.15, -0.1) is 0 Å². The van der Waals surface area contributed by atoms with Gasteiger partial charge in [-0.1, -0.05) is 42.1 Å². The van der Waals surface area contributed by atoms with E-state index in [0.717, 1.165) is 11.8 Å². The van der Waals surface area contributed by atoms with E-state index in [1.165, 1.54) is 21.6 Å². The molecule has 0 N–H and O–H groups in total. The number of hydrogen-bond donors (Lipinski definition) is 0. The molecule has 0 radical (unpaired) electrons. The average molecular weight is 432 g/mol. The van der Waals surface area contributed by atoms with Gasteiger partial charge in [-0.25, -0.2) is 9.36 Å². The number of rotatable bonds is 5. The molecule has 0 aliphatic heterocycles. The lowest BCUT2D eigenvalue weighted by atomic mass is 10.2. The van der Waals surface area contributed by atoms with Crippen molar-refractivity contribution in [3.05, 3.63) is 111 Å². The minimum Gasteiger partial charge on any atom is -0.267 e. The molecule has 0 unspecified atom stereocenters. The summed E-state index contributed by atoms with van der Waals surface area (Å²) in [5, 5.41) is 11.4. The number of aromatic nitrogens is 3. The van der Waals surface area contributed by atoms with E-state index in [2.05, 4.69) is 4.98 Å². The number of carbonyl (C=O) groups is 1. The number of benzene rings is 2. The van der Waals surface area contributed by atoms with Gasteiger partial charge in [-0.2, -0.15) is 0 Å². The van der Waals surface area contributed by atoms with E-state index in [1.54, 1.807) is 73.8 Å². The summed E-state index contributed by atoms with van der Waals surface area (Å²) in [6, 6.07) is 18.2. The van der Waals surface area contributed by atoms with Gasteiger partial charge in [0.2, 0.25) is 0 Å². The van der Waals surface area contributed by atoms with Crippen LogP contribution in [0, 0.1) is 17.0 Å². The first-order chi connectivity index (χ1) is 15.0. The maximum Gasteiger partial charge on any atom is 0.286 e. The minimum absolute atomic E-state index is 0.108. The van der Waals surface area contributed by atoms with E-state index < -0.39 is 16.4 Å². The summed E-state index contributed by atoms with van der Waals surface area (Å²) in [7, 11) is 0. The third-order valence-corrected chi connectivity index (χ3v) is 5.85. The summed E-state index contributed by atoms with van der Waals surface area (Å²) in [5.74, 6) is -0.430. The molecular weight excluding hydrogens is 416 g/mol. The van der Waals surface area contributed by atoms with Gasteiger partial charge in [-0.3, -0.25) is 24.7 Å². The standard InChI is InChI=1S/C22H16N4O4S/c1-15-20(31-19-12-6-5-11-18(19)26(29)30)22(28)25(17-9-3-2-4-10-17)24(15)21(27)16-8-7-13-23-14-16/h2-14H,1H3. The first-order valence-electron chi connectivity index (χ1n) is 9.25. The van der Waals surface area contributed by atoms with Gasteiger partial charge in [0.25, 0.3) is 17.2 Å². The highest BCUT2D eigenvalue weighted by atomic mass is 32.2. The van der Waals surface area contributed by atoms with Crippen molar-refractivity contribution in [3.63, 3.8) is 0 Å². The van der Waals surface area contributed by atoms with Gasteiger partial charge in [0, 0.05) is 18.5 Å². The number of nitrogens with zero attached hydrogens (tertiary/aromatic N) is 4. The van der Waals surface area contributed by atoms with Crippen LogP contribution >= 0.6 is 11.8 Å². The summed E-state index contributed by atoms with van der Waals surface area (Å²) in [4.78, 5) is 42.2. The van der Waals surface area contributed by atoms with Crippen molar-refractivity contribution in [1.29, 1.82) is 0 Å². The van der Waals surface area contributed by atoms with Gasteiger partial charge in [0.05, 0.1) is 26.8 Å². The second-order valence-electron chi connectivity index (χ2n) is 6.55. The quantitative estimate of drug-likeness (QED) is 0.348. The summed E-state index contributed by atoms with van der Waals surface area (Å²) in [6.45, 7) is 1.65. The van der Waals surface area contributed by atoms with E-state index in [1.807, 2.05) is 0 Å². The van der Waals surface area contributed by atoms with E-state index in [4.69, 9.17) is 0 Å². The Morgan fingerprint density at radius 1 is 1.03 bits per heavy atom. The third-order valence-electron chi connectivity index (χ3n) is 4.61. The monoisotopic (exact) mass is 432 g/mol. The molecular formula is C22H16N4O4S.